The molecule has 0 spiro atoms. The van der Waals surface area contributed by atoms with Crippen LogP contribution < -0.4 is 10.5 Å². The fraction of sp³-hybridized carbons (Fsp3) is 0.158. The summed E-state index contributed by atoms with van der Waals surface area (Å²) in [5, 5.41) is 0. The zero-order valence-electron chi connectivity index (χ0n) is 14.8. The predicted octanol–water partition coefficient (Wildman–Crippen LogP) is 3.31. The number of imidazole rings is 1. The number of aromatic nitrogens is 5. The molecule has 0 fully saturated rings. The number of nitrogens with zero attached hydrogens (tertiary/aromatic N) is 5. The summed E-state index contributed by atoms with van der Waals surface area (Å²) in [5.41, 5.74) is 9.49. The van der Waals surface area contributed by atoms with E-state index in [1.807, 2.05) is 17.6 Å². The molecule has 0 amide bonds. The Balaban J connectivity index is 1.96. The Hall–Kier alpha value is -3.55. The fourth-order valence-corrected chi connectivity index (χ4v) is 3.08. The Kier molecular flexibility index (Phi) is 4.15. The first-order valence-electron chi connectivity index (χ1n) is 8.39. The van der Waals surface area contributed by atoms with Crippen molar-refractivity contribution in [3.8, 4) is 28.3 Å². The molecular weight excluding hydrogens is 347 g/mol. The van der Waals surface area contributed by atoms with Gasteiger partial charge in [0.25, 0.3) is 0 Å². The van der Waals surface area contributed by atoms with Gasteiger partial charge in [-0.2, -0.15) is 4.98 Å². The third kappa shape index (κ3) is 2.84. The standard InChI is InChI=1S/C19H17FN6O/c1-3-26-17(24-15-10-23-19(21)25-18(15)26)12-6-7-22-9-13(12)11-4-5-14(20)16(8-11)27-2/h4-10H,3H2,1-2H3,(H2,21,23,25). The number of pyridine rings is 1. The van der Waals surface area contributed by atoms with Crippen LogP contribution in [0, 0.1) is 5.82 Å². The third-order valence-electron chi connectivity index (χ3n) is 4.35. The Morgan fingerprint density at radius 3 is 2.78 bits per heavy atom. The average molecular weight is 364 g/mol. The molecule has 136 valence electrons. The minimum atomic E-state index is -0.418. The lowest BCUT2D eigenvalue weighted by atomic mass is 10.0. The minimum absolute atomic E-state index is 0.171. The van der Waals surface area contributed by atoms with Crippen LogP contribution in [0.2, 0.25) is 0 Å². The van der Waals surface area contributed by atoms with Crippen molar-refractivity contribution in [3.63, 3.8) is 0 Å². The van der Waals surface area contributed by atoms with Crippen LogP contribution in [0.3, 0.4) is 0 Å². The minimum Gasteiger partial charge on any atom is -0.494 e. The van der Waals surface area contributed by atoms with E-state index in [0.29, 0.717) is 23.5 Å². The van der Waals surface area contributed by atoms with Crippen molar-refractivity contribution in [1.29, 1.82) is 0 Å². The molecule has 3 aromatic heterocycles. The van der Waals surface area contributed by atoms with Gasteiger partial charge in [-0.1, -0.05) is 6.07 Å². The van der Waals surface area contributed by atoms with Crippen LogP contribution in [0.15, 0.2) is 42.9 Å². The molecule has 0 aliphatic carbocycles. The number of aryl methyl sites for hydroxylation is 1. The SMILES string of the molecule is CCn1c(-c2ccncc2-c2ccc(F)c(OC)c2)nc2cnc(N)nc21. The number of benzene rings is 1. The van der Waals surface area contributed by atoms with Crippen molar-refractivity contribution < 1.29 is 9.13 Å². The van der Waals surface area contributed by atoms with Crippen molar-refractivity contribution in [2.45, 2.75) is 13.5 Å². The average Bonchev–Trinajstić information content (AvgIpc) is 3.06. The maximum absolute atomic E-state index is 13.8. The highest BCUT2D eigenvalue weighted by Gasteiger charge is 2.18. The van der Waals surface area contributed by atoms with Gasteiger partial charge in [0.2, 0.25) is 5.95 Å². The van der Waals surface area contributed by atoms with Crippen LogP contribution in [-0.2, 0) is 6.54 Å². The first kappa shape index (κ1) is 16.9. The van der Waals surface area contributed by atoms with Crippen molar-refractivity contribution in [1.82, 2.24) is 24.5 Å². The number of halogens is 1. The summed E-state index contributed by atoms with van der Waals surface area (Å²) >= 11 is 0. The molecule has 27 heavy (non-hydrogen) atoms. The van der Waals surface area contributed by atoms with Gasteiger partial charge in [0, 0.05) is 30.1 Å². The normalized spacial score (nSPS) is 11.1. The lowest BCUT2D eigenvalue weighted by molar-refractivity contribution is 0.387. The van der Waals surface area contributed by atoms with Crippen LogP contribution in [-0.4, -0.2) is 31.6 Å². The molecule has 7 nitrogen and oxygen atoms in total. The third-order valence-corrected chi connectivity index (χ3v) is 4.35. The van der Waals surface area contributed by atoms with E-state index in [1.165, 1.54) is 13.2 Å². The number of ether oxygens (including phenoxy) is 1. The molecule has 3 heterocycles. The molecule has 0 unspecified atom stereocenters. The van der Waals surface area contributed by atoms with E-state index in [-0.39, 0.29) is 11.7 Å². The molecule has 0 atom stereocenters. The summed E-state index contributed by atoms with van der Waals surface area (Å²) in [6.07, 6.45) is 5.02. The van der Waals surface area contributed by atoms with E-state index in [2.05, 4.69) is 15.0 Å². The topological polar surface area (TPSA) is 91.7 Å². The van der Waals surface area contributed by atoms with E-state index in [0.717, 1.165) is 16.7 Å². The van der Waals surface area contributed by atoms with Gasteiger partial charge in [-0.3, -0.25) is 4.98 Å². The zero-order valence-corrected chi connectivity index (χ0v) is 14.8. The van der Waals surface area contributed by atoms with Gasteiger partial charge in [0.15, 0.2) is 17.2 Å². The number of nitrogen functional groups attached to an aromatic ring is 1. The van der Waals surface area contributed by atoms with E-state index in [1.54, 1.807) is 30.7 Å². The second-order valence-corrected chi connectivity index (χ2v) is 5.89. The largest absolute Gasteiger partial charge is 0.494 e. The Bertz CT molecular complexity index is 1140. The van der Waals surface area contributed by atoms with Crippen molar-refractivity contribution in [2.24, 2.45) is 0 Å². The first-order valence-corrected chi connectivity index (χ1v) is 8.39. The number of anilines is 1. The van der Waals surface area contributed by atoms with Gasteiger partial charge in [0.1, 0.15) is 11.3 Å². The van der Waals surface area contributed by atoms with Crippen LogP contribution >= 0.6 is 0 Å². The molecule has 0 aliphatic rings. The van der Waals surface area contributed by atoms with E-state index in [9.17, 15) is 4.39 Å². The molecule has 1 aromatic carbocycles. The lowest BCUT2D eigenvalue weighted by Crippen LogP contribution is -2.02. The quantitative estimate of drug-likeness (QED) is 0.597. The number of hydrogen-bond donors (Lipinski definition) is 1. The van der Waals surface area contributed by atoms with E-state index < -0.39 is 5.82 Å². The second kappa shape index (κ2) is 6.64. The van der Waals surface area contributed by atoms with Gasteiger partial charge >= 0.3 is 0 Å². The molecule has 8 heteroatoms. The molecular formula is C19H17FN6O. The summed E-state index contributed by atoms with van der Waals surface area (Å²) < 4.78 is 20.9. The first-order chi connectivity index (χ1) is 13.1. The maximum atomic E-state index is 13.8. The molecule has 4 aromatic rings. The van der Waals surface area contributed by atoms with Crippen molar-refractivity contribution >= 4 is 17.1 Å². The van der Waals surface area contributed by atoms with Crippen molar-refractivity contribution in [2.75, 3.05) is 12.8 Å². The highest BCUT2D eigenvalue weighted by molar-refractivity contribution is 5.85. The highest BCUT2D eigenvalue weighted by Crippen LogP contribution is 2.34. The number of nitrogens with two attached hydrogens (primary N) is 1. The molecule has 0 aliphatic heterocycles. The predicted molar refractivity (Wildman–Crippen MR) is 101 cm³/mol. The monoisotopic (exact) mass is 364 g/mol. The number of methoxy groups -OCH3 is 1. The zero-order chi connectivity index (χ0) is 19.0. The summed E-state index contributed by atoms with van der Waals surface area (Å²) in [5.74, 6) is 0.665. The van der Waals surface area contributed by atoms with Crippen LogP contribution in [0.4, 0.5) is 10.3 Å². The Morgan fingerprint density at radius 1 is 1.15 bits per heavy atom. The second-order valence-electron chi connectivity index (χ2n) is 5.89. The van der Waals surface area contributed by atoms with E-state index in [4.69, 9.17) is 15.5 Å². The molecule has 0 radical (unpaired) electrons. The smallest absolute Gasteiger partial charge is 0.222 e. The fourth-order valence-electron chi connectivity index (χ4n) is 3.08. The van der Waals surface area contributed by atoms with Crippen molar-refractivity contribution in [3.05, 3.63) is 48.7 Å². The van der Waals surface area contributed by atoms with Gasteiger partial charge in [-0.05, 0) is 30.7 Å². The van der Waals surface area contributed by atoms with Gasteiger partial charge in [0.05, 0.1) is 13.3 Å². The van der Waals surface area contributed by atoms with Crippen LogP contribution in [0.5, 0.6) is 5.75 Å². The summed E-state index contributed by atoms with van der Waals surface area (Å²) in [6, 6.07) is 6.58. The van der Waals surface area contributed by atoms with Gasteiger partial charge < -0.3 is 15.0 Å². The molecule has 0 saturated carbocycles. The lowest BCUT2D eigenvalue weighted by Gasteiger charge is -2.12. The maximum Gasteiger partial charge on any atom is 0.222 e. The van der Waals surface area contributed by atoms with Gasteiger partial charge in [-0.25, -0.2) is 14.4 Å². The molecule has 4 rings (SSSR count). The van der Waals surface area contributed by atoms with Crippen LogP contribution in [0.25, 0.3) is 33.7 Å². The summed E-state index contributed by atoms with van der Waals surface area (Å²) in [4.78, 5) is 17.3. The van der Waals surface area contributed by atoms with Crippen LogP contribution in [0.1, 0.15) is 6.92 Å². The highest BCUT2D eigenvalue weighted by atomic mass is 19.1. The number of fused-ring (bicyclic) bond motifs is 1. The molecule has 0 saturated heterocycles. The number of hydrogen-bond acceptors (Lipinski definition) is 6. The molecule has 0 bridgehead atoms. The number of rotatable bonds is 4. The summed E-state index contributed by atoms with van der Waals surface area (Å²) in [6.45, 7) is 2.65. The Morgan fingerprint density at radius 2 is 2.00 bits per heavy atom. The molecule has 2 N–H and O–H groups in total. The Labute approximate surface area is 154 Å². The van der Waals surface area contributed by atoms with E-state index >= 15 is 0 Å². The van der Waals surface area contributed by atoms with Gasteiger partial charge in [-0.15, -0.1) is 0 Å². The summed E-state index contributed by atoms with van der Waals surface area (Å²) in [7, 11) is 1.44.